The van der Waals surface area contributed by atoms with Crippen LogP contribution in [0.1, 0.15) is 24.8 Å². The summed E-state index contributed by atoms with van der Waals surface area (Å²) in [7, 11) is 2.70. The molecule has 9 heteroatoms. The molecular formula is C24H27N3O6. The zero-order chi connectivity index (χ0) is 23.8. The van der Waals surface area contributed by atoms with Crippen LogP contribution in [0.25, 0.3) is 0 Å². The number of esters is 1. The van der Waals surface area contributed by atoms with Crippen molar-refractivity contribution in [2.75, 3.05) is 33.9 Å². The quantitative estimate of drug-likeness (QED) is 0.305. The molecule has 0 saturated carbocycles. The molecule has 1 aromatic heterocycles. The van der Waals surface area contributed by atoms with E-state index < -0.39 is 23.2 Å². The molecule has 1 unspecified atom stereocenters. The minimum Gasteiger partial charge on any atom is -0.492 e. The SMILES string of the molecule is COC(=O)CN(C)C(=O)CC1(c2ccccc2)CC(=O)N(CCCOc2cccnc2)C1=O. The number of likely N-dealkylation sites (N-methyl/N-ethyl adjacent to an activating group) is 1. The zero-order valence-electron chi connectivity index (χ0n) is 18.7. The highest BCUT2D eigenvalue weighted by Crippen LogP contribution is 2.40. The van der Waals surface area contributed by atoms with Crippen molar-refractivity contribution in [2.45, 2.75) is 24.7 Å². The summed E-state index contributed by atoms with van der Waals surface area (Å²) in [5, 5.41) is 0. The number of hydrogen-bond donors (Lipinski definition) is 0. The number of benzene rings is 1. The summed E-state index contributed by atoms with van der Waals surface area (Å²) in [6.45, 7) is 0.248. The van der Waals surface area contributed by atoms with Gasteiger partial charge < -0.3 is 14.4 Å². The van der Waals surface area contributed by atoms with Gasteiger partial charge in [0.05, 0.1) is 25.3 Å². The fourth-order valence-electron chi connectivity index (χ4n) is 3.83. The second-order valence-electron chi connectivity index (χ2n) is 7.87. The van der Waals surface area contributed by atoms with Crippen molar-refractivity contribution in [3.8, 4) is 5.75 Å². The van der Waals surface area contributed by atoms with Gasteiger partial charge in [-0.05, 0) is 24.1 Å². The first-order valence-corrected chi connectivity index (χ1v) is 10.6. The molecule has 0 radical (unpaired) electrons. The van der Waals surface area contributed by atoms with Gasteiger partial charge in [0.2, 0.25) is 17.7 Å². The number of carbonyl (C=O) groups is 4. The zero-order valence-corrected chi connectivity index (χ0v) is 18.7. The first kappa shape index (κ1) is 23.9. The molecule has 2 aromatic rings. The average Bonchev–Trinajstić information content (AvgIpc) is 3.07. The number of nitrogens with zero attached hydrogens (tertiary/aromatic N) is 3. The summed E-state index contributed by atoms with van der Waals surface area (Å²) in [5.41, 5.74) is -0.721. The van der Waals surface area contributed by atoms with Crippen LogP contribution in [0.4, 0.5) is 0 Å². The average molecular weight is 453 g/mol. The number of carbonyl (C=O) groups excluding carboxylic acids is 4. The van der Waals surface area contributed by atoms with Gasteiger partial charge in [0.1, 0.15) is 12.3 Å². The Balaban J connectivity index is 1.73. The van der Waals surface area contributed by atoms with Gasteiger partial charge in [0, 0.05) is 32.6 Å². The monoisotopic (exact) mass is 453 g/mol. The van der Waals surface area contributed by atoms with E-state index >= 15 is 0 Å². The van der Waals surface area contributed by atoms with Crippen molar-refractivity contribution in [1.29, 1.82) is 0 Å². The molecule has 1 aliphatic heterocycles. The highest BCUT2D eigenvalue weighted by Gasteiger charge is 2.53. The lowest BCUT2D eigenvalue weighted by atomic mass is 9.75. The predicted molar refractivity (Wildman–Crippen MR) is 118 cm³/mol. The van der Waals surface area contributed by atoms with Crippen LogP contribution in [0.3, 0.4) is 0 Å². The van der Waals surface area contributed by atoms with E-state index in [2.05, 4.69) is 9.72 Å². The molecule has 3 rings (SSSR count). The Kier molecular flexibility index (Phi) is 7.76. The van der Waals surface area contributed by atoms with Crippen LogP contribution in [0.2, 0.25) is 0 Å². The molecule has 0 aliphatic carbocycles. The predicted octanol–water partition coefficient (Wildman–Crippen LogP) is 1.57. The third kappa shape index (κ3) is 5.54. The van der Waals surface area contributed by atoms with Crippen LogP contribution in [-0.4, -0.2) is 72.3 Å². The molecular weight excluding hydrogens is 426 g/mol. The Morgan fingerprint density at radius 3 is 2.58 bits per heavy atom. The van der Waals surface area contributed by atoms with E-state index in [9.17, 15) is 19.2 Å². The molecule has 2 heterocycles. The van der Waals surface area contributed by atoms with Gasteiger partial charge in [-0.2, -0.15) is 0 Å². The highest BCUT2D eigenvalue weighted by molar-refractivity contribution is 6.10. The van der Waals surface area contributed by atoms with Crippen molar-refractivity contribution in [3.63, 3.8) is 0 Å². The number of pyridine rings is 1. The minimum atomic E-state index is -1.32. The maximum Gasteiger partial charge on any atom is 0.325 e. The Morgan fingerprint density at radius 2 is 1.91 bits per heavy atom. The molecule has 0 spiro atoms. The normalized spacial score (nSPS) is 17.7. The van der Waals surface area contributed by atoms with Crippen LogP contribution < -0.4 is 4.74 Å². The molecule has 1 saturated heterocycles. The number of aromatic nitrogens is 1. The number of rotatable bonds is 10. The van der Waals surface area contributed by atoms with E-state index in [-0.39, 0.29) is 31.8 Å². The van der Waals surface area contributed by atoms with Crippen molar-refractivity contribution < 1.29 is 28.7 Å². The molecule has 174 valence electrons. The van der Waals surface area contributed by atoms with Gasteiger partial charge in [-0.15, -0.1) is 0 Å². The molecule has 1 aliphatic rings. The van der Waals surface area contributed by atoms with Gasteiger partial charge in [0.15, 0.2) is 0 Å². The number of imide groups is 1. The maximum atomic E-state index is 13.5. The lowest BCUT2D eigenvalue weighted by Crippen LogP contribution is -2.44. The largest absolute Gasteiger partial charge is 0.492 e. The first-order valence-electron chi connectivity index (χ1n) is 10.6. The van der Waals surface area contributed by atoms with Crippen molar-refractivity contribution in [1.82, 2.24) is 14.8 Å². The summed E-state index contributed by atoms with van der Waals surface area (Å²) < 4.78 is 10.2. The molecule has 0 N–H and O–H groups in total. The fraction of sp³-hybridized carbons (Fsp3) is 0.375. The number of methoxy groups -OCH3 is 1. The number of likely N-dealkylation sites (tertiary alicyclic amines) is 1. The Morgan fingerprint density at radius 1 is 1.15 bits per heavy atom. The van der Waals surface area contributed by atoms with Crippen molar-refractivity contribution in [3.05, 3.63) is 60.4 Å². The molecule has 1 fully saturated rings. The lowest BCUT2D eigenvalue weighted by molar-refractivity contribution is -0.147. The number of amides is 3. The van der Waals surface area contributed by atoms with Crippen LogP contribution >= 0.6 is 0 Å². The summed E-state index contributed by atoms with van der Waals surface area (Å²) >= 11 is 0. The molecule has 0 bridgehead atoms. The van der Waals surface area contributed by atoms with Crippen molar-refractivity contribution in [2.24, 2.45) is 0 Å². The second kappa shape index (κ2) is 10.7. The second-order valence-corrected chi connectivity index (χ2v) is 7.87. The number of ether oxygens (including phenoxy) is 2. The van der Waals surface area contributed by atoms with E-state index in [4.69, 9.17) is 4.74 Å². The maximum absolute atomic E-state index is 13.5. The molecule has 3 amide bonds. The highest BCUT2D eigenvalue weighted by atomic mass is 16.5. The van der Waals surface area contributed by atoms with Gasteiger partial charge in [-0.3, -0.25) is 29.1 Å². The summed E-state index contributed by atoms with van der Waals surface area (Å²) in [5.74, 6) is -1.14. The summed E-state index contributed by atoms with van der Waals surface area (Å²) in [6.07, 6.45) is 3.33. The topological polar surface area (TPSA) is 106 Å². The third-order valence-corrected chi connectivity index (χ3v) is 5.64. The van der Waals surface area contributed by atoms with Gasteiger partial charge >= 0.3 is 5.97 Å². The Labute approximate surface area is 192 Å². The van der Waals surface area contributed by atoms with Crippen LogP contribution in [-0.2, 0) is 29.3 Å². The fourth-order valence-corrected chi connectivity index (χ4v) is 3.83. The van der Waals surface area contributed by atoms with E-state index in [0.29, 0.717) is 24.3 Å². The number of hydrogen-bond acceptors (Lipinski definition) is 7. The molecule has 33 heavy (non-hydrogen) atoms. The van der Waals surface area contributed by atoms with Gasteiger partial charge in [-0.25, -0.2) is 0 Å². The Bertz CT molecular complexity index is 998. The van der Waals surface area contributed by atoms with E-state index in [1.54, 1.807) is 54.9 Å². The van der Waals surface area contributed by atoms with Crippen LogP contribution in [0.15, 0.2) is 54.9 Å². The third-order valence-electron chi connectivity index (χ3n) is 5.64. The van der Waals surface area contributed by atoms with Crippen LogP contribution in [0.5, 0.6) is 5.75 Å². The van der Waals surface area contributed by atoms with Gasteiger partial charge in [0.25, 0.3) is 0 Å². The molecule has 1 aromatic carbocycles. The molecule has 9 nitrogen and oxygen atoms in total. The van der Waals surface area contributed by atoms with Crippen LogP contribution in [0, 0.1) is 0 Å². The lowest BCUT2D eigenvalue weighted by Gasteiger charge is -2.29. The summed E-state index contributed by atoms with van der Waals surface area (Å²) in [6, 6.07) is 12.4. The van der Waals surface area contributed by atoms with Gasteiger partial charge in [-0.1, -0.05) is 30.3 Å². The van der Waals surface area contributed by atoms with E-state index in [1.807, 2.05) is 0 Å². The minimum absolute atomic E-state index is 0.114. The first-order chi connectivity index (χ1) is 15.9. The Hall–Kier alpha value is -3.75. The van der Waals surface area contributed by atoms with E-state index in [0.717, 1.165) is 0 Å². The summed E-state index contributed by atoms with van der Waals surface area (Å²) in [4.78, 5) is 57.3. The molecule has 1 atom stereocenters. The smallest absolute Gasteiger partial charge is 0.325 e. The standard InChI is InChI=1S/C24H27N3O6/c1-26(17-22(30)32-2)20(28)14-24(18-8-4-3-5-9-18)15-21(29)27(23(24)31)12-7-13-33-19-10-6-11-25-16-19/h3-6,8-11,16H,7,12-15,17H2,1-2H3. The van der Waals surface area contributed by atoms with E-state index in [1.165, 1.54) is 24.0 Å². The van der Waals surface area contributed by atoms with Crippen molar-refractivity contribution >= 4 is 23.7 Å².